The Balaban J connectivity index is 2.38. The molecule has 10 heteroatoms. The van der Waals surface area contributed by atoms with Gasteiger partial charge in [-0.05, 0) is 12.1 Å². The molecule has 0 unspecified atom stereocenters. The maximum absolute atomic E-state index is 13.4. The van der Waals surface area contributed by atoms with E-state index in [4.69, 9.17) is 5.73 Å². The van der Waals surface area contributed by atoms with Gasteiger partial charge in [-0.25, -0.2) is 18.7 Å². The molecule has 1 aromatic heterocycles. The van der Waals surface area contributed by atoms with Gasteiger partial charge in [-0.3, -0.25) is 4.79 Å². The highest BCUT2D eigenvalue weighted by Crippen LogP contribution is 2.31. The molecular weight excluding hydrogens is 311 g/mol. The largest absolute Gasteiger partial charge is 0.434 e. The fourth-order valence-electron chi connectivity index (χ4n) is 1.56. The molecule has 1 amide bonds. The fraction of sp³-hybridized carbons (Fsp3) is 0.0833. The van der Waals surface area contributed by atoms with Crippen molar-refractivity contribution in [2.75, 3.05) is 11.1 Å². The van der Waals surface area contributed by atoms with E-state index in [1.165, 1.54) is 0 Å². The number of nitrogens with zero attached hydrogens (tertiary/aromatic N) is 2. The summed E-state index contributed by atoms with van der Waals surface area (Å²) in [7, 11) is 0. The van der Waals surface area contributed by atoms with Gasteiger partial charge in [0, 0.05) is 12.3 Å². The summed E-state index contributed by atoms with van der Waals surface area (Å²) in [5.74, 6) is -4.02. The van der Waals surface area contributed by atoms with Crippen LogP contribution in [0.25, 0.3) is 0 Å². The van der Waals surface area contributed by atoms with Crippen molar-refractivity contribution in [3.63, 3.8) is 0 Å². The average molecular weight is 318 g/mol. The van der Waals surface area contributed by atoms with Crippen molar-refractivity contribution < 1.29 is 26.7 Å². The molecule has 1 aromatic carbocycles. The second-order valence-corrected chi connectivity index (χ2v) is 4.07. The van der Waals surface area contributed by atoms with Crippen LogP contribution in [0.4, 0.5) is 33.6 Å². The van der Waals surface area contributed by atoms with Crippen molar-refractivity contribution in [3.8, 4) is 0 Å². The molecule has 0 spiro atoms. The van der Waals surface area contributed by atoms with Gasteiger partial charge in [0.25, 0.3) is 5.91 Å². The predicted molar refractivity (Wildman–Crippen MR) is 65.8 cm³/mol. The van der Waals surface area contributed by atoms with Crippen LogP contribution in [0.1, 0.15) is 16.1 Å². The van der Waals surface area contributed by atoms with E-state index < -0.39 is 46.6 Å². The summed E-state index contributed by atoms with van der Waals surface area (Å²) in [5, 5.41) is 1.88. The van der Waals surface area contributed by atoms with Gasteiger partial charge < -0.3 is 11.1 Å². The summed E-state index contributed by atoms with van der Waals surface area (Å²) in [6.07, 6.45) is -4.38. The average Bonchev–Trinajstić information content (AvgIpc) is 2.40. The van der Waals surface area contributed by atoms with Crippen LogP contribution in [0.2, 0.25) is 0 Å². The summed E-state index contributed by atoms with van der Waals surface area (Å²) < 4.78 is 64.6. The van der Waals surface area contributed by atoms with Gasteiger partial charge in [-0.15, -0.1) is 0 Å². The molecule has 0 saturated carbocycles. The Bertz CT molecular complexity index is 732. The van der Waals surface area contributed by atoms with Crippen molar-refractivity contribution in [3.05, 3.63) is 47.3 Å². The molecule has 2 aromatic rings. The second kappa shape index (κ2) is 5.54. The summed E-state index contributed by atoms with van der Waals surface area (Å²) in [6.45, 7) is 0. The number of halogens is 5. The van der Waals surface area contributed by atoms with E-state index in [0.29, 0.717) is 12.3 Å². The molecule has 0 saturated heterocycles. The van der Waals surface area contributed by atoms with Crippen LogP contribution in [0, 0.1) is 11.6 Å². The number of rotatable bonds is 2. The van der Waals surface area contributed by atoms with Gasteiger partial charge >= 0.3 is 6.18 Å². The number of anilines is 2. The minimum Gasteiger partial charge on any atom is -0.368 e. The first kappa shape index (κ1) is 15.6. The van der Waals surface area contributed by atoms with Crippen LogP contribution >= 0.6 is 0 Å². The zero-order chi connectivity index (χ0) is 16.5. The second-order valence-electron chi connectivity index (χ2n) is 4.07. The van der Waals surface area contributed by atoms with Gasteiger partial charge in [0.05, 0.1) is 11.3 Å². The Hall–Kier alpha value is -2.78. The maximum atomic E-state index is 13.4. The number of amides is 1. The van der Waals surface area contributed by atoms with E-state index in [1.54, 1.807) is 0 Å². The molecule has 0 radical (unpaired) electrons. The molecule has 0 bridgehead atoms. The summed E-state index contributed by atoms with van der Waals surface area (Å²) in [5.41, 5.74) is 2.08. The third-order valence-electron chi connectivity index (χ3n) is 2.50. The third-order valence-corrected chi connectivity index (χ3v) is 2.50. The van der Waals surface area contributed by atoms with Crippen LogP contribution in [0.3, 0.4) is 0 Å². The lowest BCUT2D eigenvalue weighted by Crippen LogP contribution is -2.22. The Morgan fingerprint density at radius 1 is 1.23 bits per heavy atom. The number of benzene rings is 1. The molecule has 3 N–H and O–H groups in total. The van der Waals surface area contributed by atoms with E-state index in [0.717, 1.165) is 12.1 Å². The molecular formula is C12H7F5N4O. The number of nitrogen functional groups attached to an aromatic ring is 1. The van der Waals surface area contributed by atoms with Crippen LogP contribution in [-0.4, -0.2) is 15.9 Å². The molecule has 1 heterocycles. The lowest BCUT2D eigenvalue weighted by Gasteiger charge is -2.12. The molecule has 0 aliphatic heterocycles. The van der Waals surface area contributed by atoms with Gasteiger partial charge in [-0.1, -0.05) is 0 Å². The first-order valence-electron chi connectivity index (χ1n) is 5.64. The smallest absolute Gasteiger partial charge is 0.368 e. The Morgan fingerprint density at radius 2 is 1.91 bits per heavy atom. The molecule has 0 aliphatic rings. The van der Waals surface area contributed by atoms with E-state index in [9.17, 15) is 26.7 Å². The topological polar surface area (TPSA) is 80.9 Å². The number of hydrogen-bond acceptors (Lipinski definition) is 4. The number of alkyl halides is 3. The number of nitrogens with one attached hydrogen (secondary N) is 1. The summed E-state index contributed by atoms with van der Waals surface area (Å²) >= 11 is 0. The standard InChI is InChI=1S/C12H7F5N4O/c13-5-1-2-8(7(14)3-5)20-10(22)6-4-19-11(18)21-9(6)12(15,16)17/h1-4H,(H,20,22)(H2,18,19,21). The molecule has 116 valence electrons. The van der Waals surface area contributed by atoms with E-state index in [-0.39, 0.29) is 0 Å². The number of aromatic nitrogens is 2. The van der Waals surface area contributed by atoms with Crippen molar-refractivity contribution >= 4 is 17.5 Å². The van der Waals surface area contributed by atoms with Crippen LogP contribution in [0.5, 0.6) is 0 Å². The Labute approximate surface area is 120 Å². The molecule has 0 atom stereocenters. The van der Waals surface area contributed by atoms with Gasteiger partial charge in [0.2, 0.25) is 5.95 Å². The molecule has 5 nitrogen and oxygen atoms in total. The Morgan fingerprint density at radius 3 is 2.50 bits per heavy atom. The lowest BCUT2D eigenvalue weighted by molar-refractivity contribution is -0.141. The minimum absolute atomic E-state index is 0.472. The zero-order valence-electron chi connectivity index (χ0n) is 10.6. The first-order chi connectivity index (χ1) is 10.2. The normalized spacial score (nSPS) is 11.3. The van der Waals surface area contributed by atoms with Crippen molar-refractivity contribution in [2.45, 2.75) is 6.18 Å². The number of hydrogen-bond donors (Lipinski definition) is 2. The SMILES string of the molecule is Nc1ncc(C(=O)Nc2ccc(F)cc2F)c(C(F)(F)F)n1. The molecule has 2 rings (SSSR count). The van der Waals surface area contributed by atoms with Gasteiger partial charge in [-0.2, -0.15) is 13.2 Å². The monoisotopic (exact) mass is 318 g/mol. The highest BCUT2D eigenvalue weighted by molar-refractivity contribution is 6.05. The van der Waals surface area contributed by atoms with Crippen LogP contribution in [-0.2, 0) is 6.18 Å². The zero-order valence-corrected chi connectivity index (χ0v) is 10.6. The lowest BCUT2D eigenvalue weighted by atomic mass is 10.2. The van der Waals surface area contributed by atoms with Crippen molar-refractivity contribution in [1.82, 2.24) is 9.97 Å². The summed E-state index contributed by atoms with van der Waals surface area (Å²) in [4.78, 5) is 18.1. The van der Waals surface area contributed by atoms with E-state index in [2.05, 4.69) is 9.97 Å². The van der Waals surface area contributed by atoms with Crippen LogP contribution < -0.4 is 11.1 Å². The third kappa shape index (κ3) is 3.27. The Kier molecular flexibility index (Phi) is 3.93. The molecule has 0 fully saturated rings. The fourth-order valence-corrected chi connectivity index (χ4v) is 1.56. The maximum Gasteiger partial charge on any atom is 0.434 e. The predicted octanol–water partition coefficient (Wildman–Crippen LogP) is 2.61. The molecule has 0 aliphatic carbocycles. The number of carbonyl (C=O) groups excluding carboxylic acids is 1. The first-order valence-corrected chi connectivity index (χ1v) is 5.64. The highest BCUT2D eigenvalue weighted by Gasteiger charge is 2.38. The summed E-state index contributed by atoms with van der Waals surface area (Å²) in [6, 6.07) is 2.18. The highest BCUT2D eigenvalue weighted by atomic mass is 19.4. The van der Waals surface area contributed by atoms with Gasteiger partial charge in [0.1, 0.15) is 11.6 Å². The number of nitrogens with two attached hydrogens (primary N) is 1. The van der Waals surface area contributed by atoms with Crippen molar-refractivity contribution in [2.24, 2.45) is 0 Å². The number of carbonyl (C=O) groups is 1. The van der Waals surface area contributed by atoms with E-state index in [1.807, 2.05) is 5.32 Å². The van der Waals surface area contributed by atoms with E-state index >= 15 is 0 Å². The quantitative estimate of drug-likeness (QED) is 0.834. The van der Waals surface area contributed by atoms with Crippen LogP contribution in [0.15, 0.2) is 24.4 Å². The molecule has 22 heavy (non-hydrogen) atoms. The minimum atomic E-state index is -4.95. The van der Waals surface area contributed by atoms with Gasteiger partial charge in [0.15, 0.2) is 5.69 Å². The van der Waals surface area contributed by atoms with Crippen molar-refractivity contribution in [1.29, 1.82) is 0 Å².